The summed E-state index contributed by atoms with van der Waals surface area (Å²) >= 11 is 0. The van der Waals surface area contributed by atoms with Crippen molar-refractivity contribution in [1.29, 1.82) is 0 Å². The Bertz CT molecular complexity index is 512. The zero-order valence-electron chi connectivity index (χ0n) is 9.19. The van der Waals surface area contributed by atoms with Crippen molar-refractivity contribution in [2.75, 3.05) is 0 Å². The van der Waals surface area contributed by atoms with Gasteiger partial charge in [-0.3, -0.25) is 4.79 Å². The summed E-state index contributed by atoms with van der Waals surface area (Å²) in [5.41, 5.74) is 3.65. The van der Waals surface area contributed by atoms with Crippen LogP contribution >= 0.6 is 0 Å². The predicted molar refractivity (Wildman–Crippen MR) is 59.4 cm³/mol. The number of fused-ring (bicyclic) bond motifs is 1. The van der Waals surface area contributed by atoms with Crippen LogP contribution in [0.2, 0.25) is 0 Å². The second kappa shape index (κ2) is 3.50. The molecule has 2 aromatic rings. The standard InChI is InChI=1S/C12H14N2O/c1-8(2)11-6-14-5-10(7-15)9(3)4-12(14)13-11/h4-8H,1-3H3. The fraction of sp³-hybridized carbons (Fsp3) is 0.333. The lowest BCUT2D eigenvalue weighted by Crippen LogP contribution is -1.91. The summed E-state index contributed by atoms with van der Waals surface area (Å²) in [4.78, 5) is 15.3. The van der Waals surface area contributed by atoms with E-state index in [0.717, 1.165) is 28.8 Å². The minimum Gasteiger partial charge on any atom is -0.306 e. The number of hydrogen-bond donors (Lipinski definition) is 0. The number of hydrogen-bond acceptors (Lipinski definition) is 2. The first-order chi connectivity index (χ1) is 7.11. The van der Waals surface area contributed by atoms with Crippen LogP contribution in [0.5, 0.6) is 0 Å². The van der Waals surface area contributed by atoms with Gasteiger partial charge in [0.05, 0.1) is 5.69 Å². The zero-order valence-corrected chi connectivity index (χ0v) is 9.19. The van der Waals surface area contributed by atoms with Crippen LogP contribution in [0.15, 0.2) is 18.5 Å². The molecule has 2 aromatic heterocycles. The quantitative estimate of drug-likeness (QED) is 0.701. The van der Waals surface area contributed by atoms with Crippen LogP contribution < -0.4 is 0 Å². The minimum atomic E-state index is 0.407. The molecule has 78 valence electrons. The third-order valence-corrected chi connectivity index (χ3v) is 2.58. The third kappa shape index (κ3) is 1.65. The van der Waals surface area contributed by atoms with Crippen LogP contribution in [-0.2, 0) is 0 Å². The van der Waals surface area contributed by atoms with Gasteiger partial charge in [-0.05, 0) is 24.5 Å². The molecule has 0 fully saturated rings. The number of rotatable bonds is 2. The van der Waals surface area contributed by atoms with E-state index in [9.17, 15) is 4.79 Å². The highest BCUT2D eigenvalue weighted by atomic mass is 16.1. The highest BCUT2D eigenvalue weighted by molar-refractivity contribution is 5.77. The van der Waals surface area contributed by atoms with Crippen molar-refractivity contribution in [3.63, 3.8) is 0 Å². The molecular formula is C12H14N2O. The van der Waals surface area contributed by atoms with Gasteiger partial charge in [-0.1, -0.05) is 13.8 Å². The molecule has 0 aliphatic rings. The molecule has 0 aromatic carbocycles. The van der Waals surface area contributed by atoms with Crippen molar-refractivity contribution in [2.45, 2.75) is 26.7 Å². The average molecular weight is 202 g/mol. The smallest absolute Gasteiger partial charge is 0.151 e. The maximum Gasteiger partial charge on any atom is 0.151 e. The van der Waals surface area contributed by atoms with Crippen LogP contribution in [0.25, 0.3) is 5.65 Å². The third-order valence-electron chi connectivity index (χ3n) is 2.58. The van der Waals surface area contributed by atoms with Crippen molar-refractivity contribution in [3.05, 3.63) is 35.3 Å². The van der Waals surface area contributed by atoms with Crippen LogP contribution in [0.3, 0.4) is 0 Å². The van der Waals surface area contributed by atoms with Gasteiger partial charge in [0.2, 0.25) is 0 Å². The van der Waals surface area contributed by atoms with E-state index in [2.05, 4.69) is 18.8 Å². The number of imidazole rings is 1. The summed E-state index contributed by atoms with van der Waals surface area (Å²) < 4.78 is 1.91. The van der Waals surface area contributed by atoms with E-state index < -0.39 is 0 Å². The summed E-state index contributed by atoms with van der Waals surface area (Å²) in [6.45, 7) is 6.14. The van der Waals surface area contributed by atoms with E-state index in [0.29, 0.717) is 5.92 Å². The van der Waals surface area contributed by atoms with E-state index >= 15 is 0 Å². The molecule has 0 unspecified atom stereocenters. The Hall–Kier alpha value is -1.64. The Morgan fingerprint density at radius 2 is 2.13 bits per heavy atom. The molecule has 0 radical (unpaired) electrons. The summed E-state index contributed by atoms with van der Waals surface area (Å²) in [5, 5.41) is 0. The van der Waals surface area contributed by atoms with Crippen molar-refractivity contribution in [3.8, 4) is 0 Å². The molecule has 0 aliphatic heterocycles. The van der Waals surface area contributed by atoms with Gasteiger partial charge < -0.3 is 4.40 Å². The fourth-order valence-electron chi connectivity index (χ4n) is 1.57. The first kappa shape index (κ1) is 9.90. The van der Waals surface area contributed by atoms with Crippen LogP contribution in [0.4, 0.5) is 0 Å². The lowest BCUT2D eigenvalue weighted by molar-refractivity contribution is 0.112. The number of carbonyl (C=O) groups excluding carboxylic acids is 1. The maximum atomic E-state index is 10.8. The molecule has 2 rings (SSSR count). The Morgan fingerprint density at radius 1 is 1.40 bits per heavy atom. The SMILES string of the molecule is Cc1cc2nc(C(C)C)cn2cc1C=O. The van der Waals surface area contributed by atoms with Gasteiger partial charge in [0, 0.05) is 18.0 Å². The summed E-state index contributed by atoms with van der Waals surface area (Å²) in [6.07, 6.45) is 4.69. The van der Waals surface area contributed by atoms with Gasteiger partial charge in [-0.2, -0.15) is 0 Å². The van der Waals surface area contributed by atoms with Crippen molar-refractivity contribution in [1.82, 2.24) is 9.38 Å². The molecule has 0 saturated carbocycles. The number of aromatic nitrogens is 2. The molecule has 0 amide bonds. The zero-order chi connectivity index (χ0) is 11.0. The summed E-state index contributed by atoms with van der Waals surface area (Å²) in [7, 11) is 0. The highest BCUT2D eigenvalue weighted by Crippen LogP contribution is 2.16. The van der Waals surface area contributed by atoms with Gasteiger partial charge in [-0.25, -0.2) is 4.98 Å². The normalized spacial score (nSPS) is 11.2. The van der Waals surface area contributed by atoms with Crippen molar-refractivity contribution < 1.29 is 4.79 Å². The summed E-state index contributed by atoms with van der Waals surface area (Å²) in [6, 6.07) is 1.94. The van der Waals surface area contributed by atoms with E-state index in [4.69, 9.17) is 0 Å². The lowest BCUT2D eigenvalue weighted by atomic mass is 10.2. The molecule has 2 heterocycles. The summed E-state index contributed by atoms with van der Waals surface area (Å²) in [5.74, 6) is 0.407. The number of pyridine rings is 1. The van der Waals surface area contributed by atoms with Crippen LogP contribution in [0, 0.1) is 6.92 Å². The first-order valence-electron chi connectivity index (χ1n) is 5.06. The van der Waals surface area contributed by atoms with Gasteiger partial charge in [0.1, 0.15) is 5.65 Å². The molecule has 0 N–H and O–H groups in total. The number of aldehydes is 1. The topological polar surface area (TPSA) is 34.4 Å². The highest BCUT2D eigenvalue weighted by Gasteiger charge is 2.07. The molecule has 0 aliphatic carbocycles. The van der Waals surface area contributed by atoms with Gasteiger partial charge in [0.25, 0.3) is 0 Å². The first-order valence-corrected chi connectivity index (χ1v) is 5.06. The van der Waals surface area contributed by atoms with E-state index in [-0.39, 0.29) is 0 Å². The fourth-order valence-corrected chi connectivity index (χ4v) is 1.57. The number of carbonyl (C=O) groups is 1. The molecule has 15 heavy (non-hydrogen) atoms. The maximum absolute atomic E-state index is 10.8. The second-order valence-electron chi connectivity index (χ2n) is 4.12. The van der Waals surface area contributed by atoms with E-state index in [1.54, 1.807) is 0 Å². The Kier molecular flexibility index (Phi) is 2.31. The van der Waals surface area contributed by atoms with Gasteiger partial charge in [0.15, 0.2) is 6.29 Å². The number of aryl methyl sites for hydroxylation is 1. The Labute approximate surface area is 88.8 Å². The van der Waals surface area contributed by atoms with Crippen molar-refractivity contribution >= 4 is 11.9 Å². The molecule has 0 atom stereocenters. The Balaban J connectivity index is 2.66. The second-order valence-corrected chi connectivity index (χ2v) is 4.12. The molecule has 3 nitrogen and oxygen atoms in total. The molecule has 0 saturated heterocycles. The van der Waals surface area contributed by atoms with E-state index in [1.807, 2.05) is 29.8 Å². The molecule has 0 bridgehead atoms. The van der Waals surface area contributed by atoms with Gasteiger partial charge >= 0.3 is 0 Å². The minimum absolute atomic E-state index is 0.407. The average Bonchev–Trinajstić information content (AvgIpc) is 2.59. The largest absolute Gasteiger partial charge is 0.306 e. The van der Waals surface area contributed by atoms with Gasteiger partial charge in [-0.15, -0.1) is 0 Å². The number of nitrogens with zero attached hydrogens (tertiary/aromatic N) is 2. The Morgan fingerprint density at radius 3 is 2.73 bits per heavy atom. The monoisotopic (exact) mass is 202 g/mol. The van der Waals surface area contributed by atoms with Crippen LogP contribution in [0.1, 0.15) is 41.4 Å². The van der Waals surface area contributed by atoms with Crippen LogP contribution in [-0.4, -0.2) is 15.7 Å². The molecular weight excluding hydrogens is 188 g/mol. The van der Waals surface area contributed by atoms with E-state index in [1.165, 1.54) is 0 Å². The predicted octanol–water partition coefficient (Wildman–Crippen LogP) is 2.58. The molecule has 0 spiro atoms. The lowest BCUT2D eigenvalue weighted by Gasteiger charge is -1.98. The molecule has 3 heteroatoms. The van der Waals surface area contributed by atoms with Crippen molar-refractivity contribution in [2.24, 2.45) is 0 Å².